The molecule has 0 radical (unpaired) electrons. The monoisotopic (exact) mass is 293 g/mol. The number of nitrogens with one attached hydrogen (secondary N) is 1. The molecule has 0 aliphatic carbocycles. The Bertz CT molecular complexity index is 418. The molecule has 0 heterocycles. The highest BCUT2D eigenvalue weighted by Gasteiger charge is 2.34. The summed E-state index contributed by atoms with van der Waals surface area (Å²) in [7, 11) is 0. The highest BCUT2D eigenvalue weighted by molar-refractivity contribution is 5.39. The first-order valence-electron chi connectivity index (χ1n) is 6.44. The topological polar surface area (TPSA) is 21.3 Å². The minimum absolute atomic E-state index is 0.331. The molecule has 0 spiro atoms. The fourth-order valence-corrected chi connectivity index (χ4v) is 1.69. The normalized spacial score (nSPS) is 11.9. The first-order chi connectivity index (χ1) is 9.34. The van der Waals surface area contributed by atoms with Gasteiger partial charge in [-0.15, -0.1) is 0 Å². The lowest BCUT2D eigenvalue weighted by atomic mass is 10.1. The van der Waals surface area contributed by atoms with Crippen molar-refractivity contribution in [2.24, 2.45) is 5.92 Å². The van der Waals surface area contributed by atoms with E-state index in [1.807, 2.05) is 13.8 Å². The van der Waals surface area contributed by atoms with E-state index >= 15 is 0 Å². The number of halogens is 4. The quantitative estimate of drug-likeness (QED) is 0.772. The van der Waals surface area contributed by atoms with Crippen molar-refractivity contribution in [1.29, 1.82) is 0 Å². The van der Waals surface area contributed by atoms with Crippen molar-refractivity contribution >= 4 is 0 Å². The summed E-state index contributed by atoms with van der Waals surface area (Å²) in [5.74, 6) is 0.0898. The van der Waals surface area contributed by atoms with Crippen LogP contribution in [0.25, 0.3) is 0 Å². The van der Waals surface area contributed by atoms with E-state index in [1.165, 1.54) is 6.07 Å². The Morgan fingerprint density at radius 3 is 2.50 bits per heavy atom. The number of rotatable bonds is 7. The predicted molar refractivity (Wildman–Crippen MR) is 69.5 cm³/mol. The fraction of sp³-hybridized carbons (Fsp3) is 0.571. The van der Waals surface area contributed by atoms with Gasteiger partial charge < -0.3 is 10.1 Å². The van der Waals surface area contributed by atoms with Gasteiger partial charge in [0, 0.05) is 6.54 Å². The van der Waals surface area contributed by atoms with Crippen LogP contribution in [0.3, 0.4) is 0 Å². The van der Waals surface area contributed by atoms with Crippen molar-refractivity contribution < 1.29 is 22.3 Å². The average molecular weight is 293 g/mol. The second-order valence-corrected chi connectivity index (χ2v) is 4.89. The molecule has 20 heavy (non-hydrogen) atoms. The third-order valence-electron chi connectivity index (χ3n) is 2.57. The van der Waals surface area contributed by atoms with Crippen molar-refractivity contribution in [1.82, 2.24) is 5.32 Å². The standard InChI is InChI=1S/C14H19F4NO/c1-10(2)8-19-9-11-3-4-13(20-6-5-15)12(7-11)14(16,17)18/h3-4,7,10,19H,5-6,8-9H2,1-2H3. The zero-order valence-electron chi connectivity index (χ0n) is 11.6. The molecular formula is C14H19F4NO. The zero-order chi connectivity index (χ0) is 15.2. The van der Waals surface area contributed by atoms with E-state index in [9.17, 15) is 17.6 Å². The lowest BCUT2D eigenvalue weighted by Crippen LogP contribution is -2.19. The minimum Gasteiger partial charge on any atom is -0.490 e. The largest absolute Gasteiger partial charge is 0.490 e. The van der Waals surface area contributed by atoms with E-state index < -0.39 is 18.4 Å². The van der Waals surface area contributed by atoms with Gasteiger partial charge in [0.1, 0.15) is 19.0 Å². The van der Waals surface area contributed by atoms with Crippen LogP contribution >= 0.6 is 0 Å². The molecule has 0 saturated heterocycles. The van der Waals surface area contributed by atoms with Crippen molar-refractivity contribution in [3.05, 3.63) is 29.3 Å². The second kappa shape index (κ2) is 7.47. The van der Waals surface area contributed by atoms with Gasteiger partial charge in [-0.3, -0.25) is 0 Å². The van der Waals surface area contributed by atoms with Gasteiger partial charge in [-0.1, -0.05) is 19.9 Å². The van der Waals surface area contributed by atoms with Gasteiger partial charge >= 0.3 is 6.18 Å². The molecule has 0 saturated carbocycles. The summed E-state index contributed by atoms with van der Waals surface area (Å²) < 4.78 is 55.5. The van der Waals surface area contributed by atoms with Crippen molar-refractivity contribution in [3.63, 3.8) is 0 Å². The van der Waals surface area contributed by atoms with Crippen LogP contribution in [0.2, 0.25) is 0 Å². The van der Waals surface area contributed by atoms with Crippen molar-refractivity contribution in [2.75, 3.05) is 19.8 Å². The van der Waals surface area contributed by atoms with Crippen LogP contribution in [0.1, 0.15) is 25.0 Å². The smallest absolute Gasteiger partial charge is 0.419 e. The third-order valence-corrected chi connectivity index (χ3v) is 2.57. The number of hydrogen-bond donors (Lipinski definition) is 1. The van der Waals surface area contributed by atoms with Gasteiger partial charge in [-0.25, -0.2) is 4.39 Å². The molecule has 0 aliphatic heterocycles. The maximum absolute atomic E-state index is 12.9. The fourth-order valence-electron chi connectivity index (χ4n) is 1.69. The summed E-state index contributed by atoms with van der Waals surface area (Å²) in [5.41, 5.74) is -0.347. The van der Waals surface area contributed by atoms with Crippen LogP contribution in [-0.4, -0.2) is 19.8 Å². The molecule has 114 valence electrons. The second-order valence-electron chi connectivity index (χ2n) is 4.89. The van der Waals surface area contributed by atoms with E-state index in [0.29, 0.717) is 18.0 Å². The van der Waals surface area contributed by atoms with Gasteiger partial charge in [0.15, 0.2) is 0 Å². The molecule has 0 amide bonds. The molecule has 0 aliphatic rings. The third kappa shape index (κ3) is 5.36. The molecule has 0 atom stereocenters. The Kier molecular flexibility index (Phi) is 6.26. The van der Waals surface area contributed by atoms with Gasteiger partial charge in [-0.05, 0) is 30.2 Å². The maximum atomic E-state index is 12.9. The highest BCUT2D eigenvalue weighted by Crippen LogP contribution is 2.36. The lowest BCUT2D eigenvalue weighted by Gasteiger charge is -2.15. The molecule has 2 nitrogen and oxygen atoms in total. The summed E-state index contributed by atoms with van der Waals surface area (Å²) >= 11 is 0. The van der Waals surface area contributed by atoms with Crippen molar-refractivity contribution in [2.45, 2.75) is 26.6 Å². The Hall–Kier alpha value is -1.30. The van der Waals surface area contributed by atoms with Crippen LogP contribution in [-0.2, 0) is 12.7 Å². The Morgan fingerprint density at radius 2 is 1.95 bits per heavy atom. The van der Waals surface area contributed by atoms with Crippen LogP contribution < -0.4 is 10.1 Å². The van der Waals surface area contributed by atoms with E-state index in [0.717, 1.165) is 12.6 Å². The SMILES string of the molecule is CC(C)CNCc1ccc(OCCF)c(C(F)(F)F)c1. The van der Waals surface area contributed by atoms with E-state index in [-0.39, 0.29) is 12.4 Å². The maximum Gasteiger partial charge on any atom is 0.419 e. The molecule has 0 aromatic heterocycles. The number of alkyl halides is 4. The van der Waals surface area contributed by atoms with E-state index in [2.05, 4.69) is 5.32 Å². The Morgan fingerprint density at radius 1 is 1.25 bits per heavy atom. The first kappa shape index (κ1) is 16.8. The van der Waals surface area contributed by atoms with Gasteiger partial charge in [-0.2, -0.15) is 13.2 Å². The van der Waals surface area contributed by atoms with Crippen LogP contribution in [0.4, 0.5) is 17.6 Å². The molecule has 1 N–H and O–H groups in total. The van der Waals surface area contributed by atoms with Crippen LogP contribution in [0, 0.1) is 5.92 Å². The Labute approximate surface area is 116 Å². The summed E-state index contributed by atoms with van der Waals surface area (Å²) in [6.07, 6.45) is -4.51. The summed E-state index contributed by atoms with van der Waals surface area (Å²) in [4.78, 5) is 0. The Balaban J connectivity index is 2.84. The molecule has 6 heteroatoms. The van der Waals surface area contributed by atoms with Crippen LogP contribution in [0.15, 0.2) is 18.2 Å². The number of hydrogen-bond acceptors (Lipinski definition) is 2. The van der Waals surface area contributed by atoms with Gasteiger partial charge in [0.05, 0.1) is 5.56 Å². The van der Waals surface area contributed by atoms with Crippen LogP contribution in [0.5, 0.6) is 5.75 Å². The van der Waals surface area contributed by atoms with E-state index in [1.54, 1.807) is 6.07 Å². The average Bonchev–Trinajstić information content (AvgIpc) is 2.35. The molecule has 1 rings (SSSR count). The van der Waals surface area contributed by atoms with Gasteiger partial charge in [0.2, 0.25) is 0 Å². The number of benzene rings is 1. The molecular weight excluding hydrogens is 274 g/mol. The molecule has 1 aromatic rings. The van der Waals surface area contributed by atoms with E-state index in [4.69, 9.17) is 4.74 Å². The molecule has 0 bridgehead atoms. The van der Waals surface area contributed by atoms with Gasteiger partial charge in [0.25, 0.3) is 0 Å². The lowest BCUT2D eigenvalue weighted by molar-refractivity contribution is -0.139. The number of ether oxygens (including phenoxy) is 1. The molecule has 0 unspecified atom stereocenters. The first-order valence-corrected chi connectivity index (χ1v) is 6.44. The zero-order valence-corrected chi connectivity index (χ0v) is 11.6. The highest BCUT2D eigenvalue weighted by atomic mass is 19.4. The van der Waals surface area contributed by atoms with Crippen molar-refractivity contribution in [3.8, 4) is 5.75 Å². The summed E-state index contributed by atoms with van der Waals surface area (Å²) in [6, 6.07) is 3.84. The molecule has 0 fully saturated rings. The summed E-state index contributed by atoms with van der Waals surface area (Å²) in [5, 5.41) is 3.07. The minimum atomic E-state index is -4.51. The summed E-state index contributed by atoms with van der Waals surface area (Å²) in [6.45, 7) is 3.90. The predicted octanol–water partition coefficient (Wildman–Crippen LogP) is 3.80. The molecule has 1 aromatic carbocycles.